The molecule has 144 valence electrons. The van der Waals surface area contributed by atoms with Gasteiger partial charge in [0.2, 0.25) is 5.91 Å². The maximum atomic E-state index is 12.7. The molecule has 0 saturated heterocycles. The van der Waals surface area contributed by atoms with Gasteiger partial charge in [-0.25, -0.2) is 0 Å². The van der Waals surface area contributed by atoms with Crippen molar-refractivity contribution < 1.29 is 27.5 Å². The highest BCUT2D eigenvalue weighted by Crippen LogP contribution is 2.30. The zero-order valence-corrected chi connectivity index (χ0v) is 14.8. The Labute approximate surface area is 154 Å². The van der Waals surface area contributed by atoms with Crippen LogP contribution >= 0.6 is 0 Å². The molecule has 2 aromatic carbocycles. The number of hydrogen-bond acceptors (Lipinski definition) is 3. The van der Waals surface area contributed by atoms with Crippen molar-refractivity contribution in [3.05, 3.63) is 54.1 Å². The Kier molecular flexibility index (Phi) is 6.44. The number of hydrogen-bond donors (Lipinski definition) is 2. The Balaban J connectivity index is 1.93. The van der Waals surface area contributed by atoms with Crippen molar-refractivity contribution in [1.82, 2.24) is 0 Å². The van der Waals surface area contributed by atoms with E-state index in [1.165, 1.54) is 12.1 Å². The third kappa shape index (κ3) is 6.32. The first-order valence-electron chi connectivity index (χ1n) is 8.16. The molecule has 0 bridgehead atoms. The Morgan fingerprint density at radius 1 is 1.00 bits per heavy atom. The molecule has 5 nitrogen and oxygen atoms in total. The first-order chi connectivity index (χ1) is 12.6. The quantitative estimate of drug-likeness (QED) is 0.784. The second-order valence-electron chi connectivity index (χ2n) is 6.09. The number of alkyl halides is 3. The van der Waals surface area contributed by atoms with E-state index in [4.69, 9.17) is 4.74 Å². The van der Waals surface area contributed by atoms with Gasteiger partial charge in [-0.2, -0.15) is 13.2 Å². The topological polar surface area (TPSA) is 67.4 Å². The molecule has 0 spiro atoms. The SMILES string of the molecule is CC(C)C(=O)Nc1cccc(OCC(=O)Nc2cccc(C(F)(F)F)c2)c1. The highest BCUT2D eigenvalue weighted by molar-refractivity contribution is 5.93. The van der Waals surface area contributed by atoms with E-state index in [9.17, 15) is 22.8 Å². The summed E-state index contributed by atoms with van der Waals surface area (Å²) in [5, 5.41) is 5.06. The first-order valence-corrected chi connectivity index (χ1v) is 8.16. The van der Waals surface area contributed by atoms with E-state index in [-0.39, 0.29) is 17.5 Å². The van der Waals surface area contributed by atoms with Crippen LogP contribution in [0, 0.1) is 5.92 Å². The van der Waals surface area contributed by atoms with Crippen molar-refractivity contribution in [1.29, 1.82) is 0 Å². The lowest BCUT2D eigenvalue weighted by Crippen LogP contribution is -2.21. The molecule has 27 heavy (non-hydrogen) atoms. The maximum Gasteiger partial charge on any atom is 0.416 e. The molecule has 0 heterocycles. The molecular formula is C19H19F3N2O3. The summed E-state index contributed by atoms with van der Waals surface area (Å²) < 4.78 is 43.4. The van der Waals surface area contributed by atoms with Crippen LogP contribution in [0.1, 0.15) is 19.4 Å². The molecule has 0 radical (unpaired) electrons. The second kappa shape index (κ2) is 8.57. The minimum absolute atomic E-state index is 0.0244. The number of amides is 2. The van der Waals surface area contributed by atoms with Crippen LogP contribution in [0.25, 0.3) is 0 Å². The average Bonchev–Trinajstić information content (AvgIpc) is 2.60. The van der Waals surface area contributed by atoms with E-state index in [0.717, 1.165) is 12.1 Å². The fraction of sp³-hybridized carbons (Fsp3) is 0.263. The molecule has 0 aliphatic rings. The minimum atomic E-state index is -4.49. The normalized spacial score (nSPS) is 11.2. The average molecular weight is 380 g/mol. The number of halogens is 3. The molecule has 0 aromatic heterocycles. The lowest BCUT2D eigenvalue weighted by atomic mass is 10.2. The lowest BCUT2D eigenvalue weighted by molar-refractivity contribution is -0.137. The van der Waals surface area contributed by atoms with Crippen molar-refractivity contribution in [2.75, 3.05) is 17.2 Å². The summed E-state index contributed by atoms with van der Waals surface area (Å²) in [6.45, 7) is 3.12. The number of nitrogens with one attached hydrogen (secondary N) is 2. The van der Waals surface area contributed by atoms with Gasteiger partial charge in [-0.3, -0.25) is 9.59 Å². The van der Waals surface area contributed by atoms with E-state index < -0.39 is 24.3 Å². The molecular weight excluding hydrogens is 361 g/mol. The molecule has 0 fully saturated rings. The fourth-order valence-corrected chi connectivity index (χ4v) is 2.07. The van der Waals surface area contributed by atoms with Crippen molar-refractivity contribution in [2.24, 2.45) is 5.92 Å². The van der Waals surface area contributed by atoms with E-state index >= 15 is 0 Å². The van der Waals surface area contributed by atoms with Crippen LogP contribution in [-0.2, 0) is 15.8 Å². The van der Waals surface area contributed by atoms with Gasteiger partial charge in [0.25, 0.3) is 5.91 Å². The van der Waals surface area contributed by atoms with Crippen molar-refractivity contribution in [3.63, 3.8) is 0 Å². The maximum absolute atomic E-state index is 12.7. The number of rotatable bonds is 6. The van der Waals surface area contributed by atoms with Crippen LogP contribution in [0.3, 0.4) is 0 Å². The van der Waals surface area contributed by atoms with E-state index in [2.05, 4.69) is 10.6 Å². The van der Waals surface area contributed by atoms with Crippen LogP contribution in [0.2, 0.25) is 0 Å². The predicted molar refractivity (Wildman–Crippen MR) is 95.5 cm³/mol. The summed E-state index contributed by atoms with van der Waals surface area (Å²) >= 11 is 0. The van der Waals surface area contributed by atoms with Crippen molar-refractivity contribution in [2.45, 2.75) is 20.0 Å². The van der Waals surface area contributed by atoms with Gasteiger partial charge in [0.05, 0.1) is 5.56 Å². The van der Waals surface area contributed by atoms with Gasteiger partial charge in [-0.05, 0) is 30.3 Å². The van der Waals surface area contributed by atoms with Crippen molar-refractivity contribution in [3.8, 4) is 5.75 Å². The summed E-state index contributed by atoms with van der Waals surface area (Å²) in [4.78, 5) is 23.6. The van der Waals surface area contributed by atoms with Gasteiger partial charge in [-0.15, -0.1) is 0 Å². The number of anilines is 2. The van der Waals surface area contributed by atoms with E-state index in [1.807, 2.05) is 0 Å². The monoisotopic (exact) mass is 380 g/mol. The Morgan fingerprint density at radius 3 is 2.26 bits per heavy atom. The highest BCUT2D eigenvalue weighted by Gasteiger charge is 2.30. The summed E-state index contributed by atoms with van der Waals surface area (Å²) in [5.41, 5.74) is -0.310. The van der Waals surface area contributed by atoms with Gasteiger partial charge in [0.15, 0.2) is 6.61 Å². The molecule has 2 amide bonds. The van der Waals surface area contributed by atoms with Gasteiger partial charge in [0, 0.05) is 23.4 Å². The largest absolute Gasteiger partial charge is 0.484 e. The Hall–Kier alpha value is -3.03. The summed E-state index contributed by atoms with van der Waals surface area (Å²) in [7, 11) is 0. The molecule has 0 aliphatic carbocycles. The highest BCUT2D eigenvalue weighted by atomic mass is 19.4. The van der Waals surface area contributed by atoms with E-state index in [0.29, 0.717) is 11.4 Å². The Morgan fingerprint density at radius 2 is 1.63 bits per heavy atom. The molecule has 0 unspecified atom stereocenters. The van der Waals surface area contributed by atoms with Crippen LogP contribution < -0.4 is 15.4 Å². The van der Waals surface area contributed by atoms with Crippen molar-refractivity contribution >= 4 is 23.2 Å². The zero-order valence-electron chi connectivity index (χ0n) is 14.8. The molecule has 2 N–H and O–H groups in total. The van der Waals surface area contributed by atoms with Gasteiger partial charge in [0.1, 0.15) is 5.75 Å². The molecule has 0 atom stereocenters. The molecule has 2 aromatic rings. The van der Waals surface area contributed by atoms with Crippen LogP contribution in [-0.4, -0.2) is 18.4 Å². The molecule has 8 heteroatoms. The summed E-state index contributed by atoms with van der Waals surface area (Å²) in [5.74, 6) is -0.607. The minimum Gasteiger partial charge on any atom is -0.484 e. The predicted octanol–water partition coefficient (Wildman–Crippen LogP) is 4.32. The number of benzene rings is 2. The third-order valence-electron chi connectivity index (χ3n) is 3.47. The third-order valence-corrected chi connectivity index (χ3v) is 3.47. The zero-order chi connectivity index (χ0) is 20.0. The number of carbonyl (C=O) groups is 2. The first kappa shape index (κ1) is 20.3. The molecule has 0 saturated carbocycles. The Bertz CT molecular complexity index is 820. The molecule has 0 aliphatic heterocycles. The second-order valence-corrected chi connectivity index (χ2v) is 6.09. The number of carbonyl (C=O) groups excluding carboxylic acids is 2. The summed E-state index contributed by atoms with van der Waals surface area (Å²) in [6.07, 6.45) is -4.49. The number of ether oxygens (including phenoxy) is 1. The lowest BCUT2D eigenvalue weighted by Gasteiger charge is -2.12. The summed E-state index contributed by atoms with van der Waals surface area (Å²) in [6, 6.07) is 10.8. The standard InChI is InChI=1S/C19H19F3N2O3/c1-12(2)18(26)24-15-7-4-8-16(10-15)27-11-17(25)23-14-6-3-5-13(9-14)19(20,21)22/h3-10,12H,11H2,1-2H3,(H,23,25)(H,24,26). The van der Waals surface area contributed by atoms with Gasteiger partial charge < -0.3 is 15.4 Å². The van der Waals surface area contributed by atoms with Crippen LogP contribution in [0.15, 0.2) is 48.5 Å². The smallest absolute Gasteiger partial charge is 0.416 e. The fourth-order valence-electron chi connectivity index (χ4n) is 2.07. The molecule has 2 rings (SSSR count). The van der Waals surface area contributed by atoms with E-state index in [1.54, 1.807) is 38.1 Å². The van der Waals surface area contributed by atoms with Crippen LogP contribution in [0.4, 0.5) is 24.5 Å². The van der Waals surface area contributed by atoms with Gasteiger partial charge >= 0.3 is 6.18 Å². The van der Waals surface area contributed by atoms with Gasteiger partial charge in [-0.1, -0.05) is 26.0 Å². The van der Waals surface area contributed by atoms with Crippen LogP contribution in [0.5, 0.6) is 5.75 Å².